The fourth-order valence-corrected chi connectivity index (χ4v) is 3.16. The van der Waals surface area contributed by atoms with Crippen LogP contribution >= 0.6 is 0 Å². The third-order valence-corrected chi connectivity index (χ3v) is 4.64. The zero-order chi connectivity index (χ0) is 19.1. The molecule has 2 rings (SSSR count). The van der Waals surface area contributed by atoms with E-state index in [1.807, 2.05) is 13.8 Å². The van der Waals surface area contributed by atoms with Gasteiger partial charge in [-0.05, 0) is 39.5 Å². The van der Waals surface area contributed by atoms with E-state index in [9.17, 15) is 9.59 Å². The van der Waals surface area contributed by atoms with Crippen LogP contribution in [0.15, 0.2) is 35.4 Å². The third-order valence-electron chi connectivity index (χ3n) is 4.64. The monoisotopic (exact) mass is 360 g/mol. The number of carbonyl (C=O) groups excluding carboxylic acids is 2. The van der Waals surface area contributed by atoms with E-state index in [1.54, 1.807) is 24.3 Å². The highest BCUT2D eigenvalue weighted by Gasteiger charge is 2.31. The van der Waals surface area contributed by atoms with Gasteiger partial charge in [-0.2, -0.15) is 11.1 Å². The van der Waals surface area contributed by atoms with Crippen molar-refractivity contribution in [3.63, 3.8) is 0 Å². The fourth-order valence-electron chi connectivity index (χ4n) is 3.16. The van der Waals surface area contributed by atoms with Crippen molar-refractivity contribution in [2.75, 3.05) is 0 Å². The zero-order valence-corrected chi connectivity index (χ0v) is 15.3. The normalized spacial score (nSPS) is 16.6. The quantitative estimate of drug-likeness (QED) is 0.264. The first-order valence-corrected chi connectivity index (χ1v) is 8.82. The van der Waals surface area contributed by atoms with E-state index in [1.165, 1.54) is 0 Å². The van der Waals surface area contributed by atoms with Gasteiger partial charge in [-0.3, -0.25) is 21.3 Å². The van der Waals surface area contributed by atoms with Crippen molar-refractivity contribution >= 4 is 11.6 Å². The molecule has 142 valence electrons. The van der Waals surface area contributed by atoms with Gasteiger partial charge in [0.05, 0.1) is 0 Å². The summed E-state index contributed by atoms with van der Waals surface area (Å²) in [7, 11) is 0. The summed E-state index contributed by atoms with van der Waals surface area (Å²) in [6, 6.07) is 7.14. The van der Waals surface area contributed by atoms with Crippen LogP contribution in [0, 0.1) is 0 Å². The molecular formula is C18H28N6O2. The number of nitrogens with one attached hydrogen (secondary N) is 4. The molecule has 2 unspecified atom stereocenters. The van der Waals surface area contributed by atoms with Crippen LogP contribution in [-0.2, 0) is 0 Å². The number of rotatable bonds is 10. The summed E-state index contributed by atoms with van der Waals surface area (Å²) in [4.78, 5) is 26.0. The molecular weight excluding hydrogens is 332 g/mol. The van der Waals surface area contributed by atoms with Crippen molar-refractivity contribution in [2.24, 2.45) is 11.7 Å². The Balaban J connectivity index is 2.27. The topological polar surface area (TPSA) is 134 Å². The van der Waals surface area contributed by atoms with Crippen LogP contribution in [-0.4, -0.2) is 23.7 Å². The Morgan fingerprint density at radius 1 is 0.808 bits per heavy atom. The van der Waals surface area contributed by atoms with Gasteiger partial charge in [0.15, 0.2) is 11.6 Å². The van der Waals surface area contributed by atoms with Gasteiger partial charge in [-0.1, -0.05) is 24.3 Å². The Hall–Kier alpha value is -1.94. The highest BCUT2D eigenvalue weighted by Crippen LogP contribution is 2.31. The number of benzene rings is 1. The summed E-state index contributed by atoms with van der Waals surface area (Å²) in [5.41, 5.74) is 12.8. The van der Waals surface area contributed by atoms with E-state index in [0.717, 1.165) is 0 Å². The van der Waals surface area contributed by atoms with Crippen LogP contribution in [0.1, 0.15) is 60.2 Å². The summed E-state index contributed by atoms with van der Waals surface area (Å²) >= 11 is 0. The molecule has 8 nitrogen and oxygen atoms in total. The van der Waals surface area contributed by atoms with E-state index < -0.39 is 0 Å². The smallest absolute Gasteiger partial charge is 0.190 e. The van der Waals surface area contributed by atoms with Crippen LogP contribution in [0.2, 0.25) is 0 Å². The Morgan fingerprint density at radius 2 is 1.19 bits per heavy atom. The van der Waals surface area contributed by atoms with Crippen LogP contribution in [0.25, 0.3) is 0 Å². The summed E-state index contributed by atoms with van der Waals surface area (Å²) < 4.78 is 0. The minimum absolute atomic E-state index is 0.0549. The van der Waals surface area contributed by atoms with Gasteiger partial charge in [-0.15, -0.1) is 0 Å². The lowest BCUT2D eigenvalue weighted by Crippen LogP contribution is -2.44. The van der Waals surface area contributed by atoms with Gasteiger partial charge in [0.1, 0.15) is 0 Å². The molecule has 1 aromatic carbocycles. The number of hydrogen-bond acceptors (Lipinski definition) is 8. The van der Waals surface area contributed by atoms with Gasteiger partial charge in [0.2, 0.25) is 0 Å². The number of Topliss-reactive ketones (excluding diaryl/α,β-unsaturated/α-hetero) is 2. The Labute approximate surface area is 153 Å². The molecule has 0 heterocycles. The summed E-state index contributed by atoms with van der Waals surface area (Å²) in [6.07, 6.45) is 2.40. The minimum Gasteiger partial charge on any atom is -0.289 e. The number of hydrogen-bond donors (Lipinski definition) is 6. The molecule has 1 aliphatic carbocycles. The molecule has 0 spiro atoms. The van der Waals surface area contributed by atoms with E-state index in [0.29, 0.717) is 48.0 Å². The molecule has 0 bridgehead atoms. The first-order valence-electron chi connectivity index (χ1n) is 8.82. The molecule has 0 fully saturated rings. The number of allylic oxidation sites excluding steroid dienone is 2. The number of hydrazine groups is 4. The molecule has 1 aromatic rings. The largest absolute Gasteiger partial charge is 0.289 e. The lowest BCUT2D eigenvalue weighted by molar-refractivity contribution is 0.0967. The maximum atomic E-state index is 13.0. The second kappa shape index (κ2) is 9.67. The maximum absolute atomic E-state index is 13.0. The SMILES string of the molecule is CC(CCC1=C(CCC(C)NNN)C(=O)c2ccccc2C1=O)NNN. The van der Waals surface area contributed by atoms with Gasteiger partial charge in [0.25, 0.3) is 0 Å². The van der Waals surface area contributed by atoms with E-state index >= 15 is 0 Å². The van der Waals surface area contributed by atoms with Crippen molar-refractivity contribution in [1.29, 1.82) is 0 Å². The van der Waals surface area contributed by atoms with Gasteiger partial charge < -0.3 is 0 Å². The van der Waals surface area contributed by atoms with Crippen LogP contribution in [0.5, 0.6) is 0 Å². The van der Waals surface area contributed by atoms with Crippen molar-refractivity contribution in [2.45, 2.75) is 51.6 Å². The van der Waals surface area contributed by atoms with Crippen LogP contribution < -0.4 is 33.6 Å². The molecule has 8 N–H and O–H groups in total. The summed E-state index contributed by atoms with van der Waals surface area (Å²) in [6.45, 7) is 3.92. The minimum atomic E-state index is -0.0549. The van der Waals surface area contributed by atoms with Gasteiger partial charge >= 0.3 is 0 Å². The predicted octanol–water partition coefficient (Wildman–Crippen LogP) is 0.635. The van der Waals surface area contributed by atoms with Gasteiger partial charge in [-0.25, -0.2) is 10.9 Å². The van der Waals surface area contributed by atoms with E-state index in [4.69, 9.17) is 11.7 Å². The highest BCUT2D eigenvalue weighted by atomic mass is 16.1. The maximum Gasteiger partial charge on any atom is 0.190 e. The summed E-state index contributed by atoms with van der Waals surface area (Å²) in [5, 5.41) is 0. The average molecular weight is 360 g/mol. The summed E-state index contributed by atoms with van der Waals surface area (Å²) in [5.74, 6) is 10.4. The third kappa shape index (κ3) is 4.82. The lowest BCUT2D eigenvalue weighted by Gasteiger charge is -2.23. The molecule has 0 radical (unpaired) electrons. The molecule has 0 aliphatic heterocycles. The Kier molecular flexibility index (Phi) is 7.58. The standard InChI is InChI=1S/C18H28N6O2/c1-11(21-23-19)7-9-15-16(10-8-12(2)22-24-20)18(26)14-6-4-3-5-13(14)17(15)25/h3-6,11-12,21-24H,7-10,19-20H2,1-2H3. The van der Waals surface area contributed by atoms with Crippen molar-refractivity contribution < 1.29 is 9.59 Å². The Bertz CT molecular complexity index is 631. The molecule has 0 amide bonds. The molecule has 8 heteroatoms. The lowest BCUT2D eigenvalue weighted by atomic mass is 9.80. The number of ketones is 2. The van der Waals surface area contributed by atoms with Crippen molar-refractivity contribution in [3.05, 3.63) is 46.5 Å². The highest BCUT2D eigenvalue weighted by molar-refractivity contribution is 6.26. The first-order chi connectivity index (χ1) is 12.5. The molecule has 1 aliphatic rings. The average Bonchev–Trinajstić information content (AvgIpc) is 2.63. The molecule has 0 saturated carbocycles. The molecule has 0 aromatic heterocycles. The first kappa shape index (κ1) is 20.4. The van der Waals surface area contributed by atoms with E-state index in [-0.39, 0.29) is 23.7 Å². The van der Waals surface area contributed by atoms with Crippen molar-refractivity contribution in [1.82, 2.24) is 21.9 Å². The zero-order valence-electron chi connectivity index (χ0n) is 15.3. The van der Waals surface area contributed by atoms with Crippen molar-refractivity contribution in [3.8, 4) is 0 Å². The molecule has 0 saturated heterocycles. The number of carbonyl (C=O) groups is 2. The van der Waals surface area contributed by atoms with E-state index in [2.05, 4.69) is 21.9 Å². The number of nitrogens with two attached hydrogens (primary N) is 2. The molecule has 2 atom stereocenters. The van der Waals surface area contributed by atoms with Crippen LogP contribution in [0.4, 0.5) is 0 Å². The number of fused-ring (bicyclic) bond motifs is 1. The van der Waals surface area contributed by atoms with Crippen LogP contribution in [0.3, 0.4) is 0 Å². The molecule has 26 heavy (non-hydrogen) atoms. The predicted molar refractivity (Wildman–Crippen MR) is 100 cm³/mol. The fraction of sp³-hybridized carbons (Fsp3) is 0.444. The second-order valence-corrected chi connectivity index (χ2v) is 6.62. The second-order valence-electron chi connectivity index (χ2n) is 6.62. The Morgan fingerprint density at radius 3 is 1.54 bits per heavy atom. The van der Waals surface area contributed by atoms with Gasteiger partial charge in [0, 0.05) is 34.4 Å².